The van der Waals surface area contributed by atoms with Gasteiger partial charge in [0.1, 0.15) is 5.75 Å². The van der Waals surface area contributed by atoms with Crippen LogP contribution >= 0.6 is 15.9 Å². The first-order valence-electron chi connectivity index (χ1n) is 7.83. The summed E-state index contributed by atoms with van der Waals surface area (Å²) >= 11 is 3.33. The molecule has 0 saturated carbocycles. The number of hydrogen-bond donors (Lipinski definition) is 3. The molecule has 1 aliphatic rings. The van der Waals surface area contributed by atoms with Gasteiger partial charge < -0.3 is 20.4 Å². The Balaban J connectivity index is 1.83. The number of carbonyl (C=O) groups excluding carboxylic acids is 1. The van der Waals surface area contributed by atoms with Gasteiger partial charge in [-0.3, -0.25) is 4.79 Å². The Hall–Kier alpha value is -2.05. The van der Waals surface area contributed by atoms with Crippen molar-refractivity contribution in [2.75, 3.05) is 25.0 Å². The fraction of sp³-hybridized carbons (Fsp3) is 0.278. The van der Waals surface area contributed by atoms with E-state index in [-0.39, 0.29) is 18.3 Å². The highest BCUT2D eigenvalue weighted by Gasteiger charge is 2.24. The van der Waals surface area contributed by atoms with E-state index in [4.69, 9.17) is 5.11 Å². The van der Waals surface area contributed by atoms with Gasteiger partial charge in [-0.2, -0.15) is 0 Å². The third kappa shape index (κ3) is 3.39. The van der Waals surface area contributed by atoms with Gasteiger partial charge in [0, 0.05) is 25.3 Å². The quantitative estimate of drug-likeness (QED) is 0.750. The standard InChI is InChI=1S/C18H19BrN2O3/c19-15-9-13-11-21(7-5-12(13)10-17(15)23)18(24)14-3-1-2-4-16(14)20-6-8-22/h1-4,9-10,20,22-23H,5-8,11H2. The molecule has 126 valence electrons. The van der Waals surface area contributed by atoms with Crippen LogP contribution in [0.5, 0.6) is 5.75 Å². The maximum Gasteiger partial charge on any atom is 0.256 e. The lowest BCUT2D eigenvalue weighted by Gasteiger charge is -2.30. The third-order valence-corrected chi connectivity index (χ3v) is 4.79. The predicted octanol–water partition coefficient (Wildman–Crippen LogP) is 2.76. The summed E-state index contributed by atoms with van der Waals surface area (Å²) in [5.74, 6) is 0.193. The van der Waals surface area contributed by atoms with Crippen LogP contribution < -0.4 is 5.32 Å². The number of rotatable bonds is 4. The number of anilines is 1. The molecule has 3 rings (SSSR count). The van der Waals surface area contributed by atoms with Gasteiger partial charge in [0.15, 0.2) is 0 Å². The maximum atomic E-state index is 12.9. The molecule has 1 amide bonds. The molecule has 2 aromatic carbocycles. The molecule has 0 saturated heterocycles. The van der Waals surface area contributed by atoms with Crippen molar-refractivity contribution >= 4 is 27.5 Å². The lowest BCUT2D eigenvalue weighted by atomic mass is 9.98. The van der Waals surface area contributed by atoms with Crippen LogP contribution in [0.4, 0.5) is 5.69 Å². The van der Waals surface area contributed by atoms with Gasteiger partial charge in [-0.05, 0) is 57.7 Å². The number of nitrogens with zero attached hydrogens (tertiary/aromatic N) is 1. The minimum Gasteiger partial charge on any atom is -0.507 e. The highest BCUT2D eigenvalue weighted by atomic mass is 79.9. The van der Waals surface area contributed by atoms with E-state index in [0.29, 0.717) is 36.1 Å². The molecule has 1 aliphatic heterocycles. The zero-order valence-corrected chi connectivity index (χ0v) is 14.7. The van der Waals surface area contributed by atoms with Gasteiger partial charge in [-0.15, -0.1) is 0 Å². The van der Waals surface area contributed by atoms with Crippen LogP contribution in [-0.4, -0.2) is 40.7 Å². The first-order valence-corrected chi connectivity index (χ1v) is 8.62. The zero-order chi connectivity index (χ0) is 17.1. The smallest absolute Gasteiger partial charge is 0.256 e. The maximum absolute atomic E-state index is 12.9. The van der Waals surface area contributed by atoms with Crippen molar-refractivity contribution in [1.82, 2.24) is 4.90 Å². The van der Waals surface area contributed by atoms with Gasteiger partial charge in [0.2, 0.25) is 0 Å². The Kier molecular flexibility index (Phi) is 5.06. The number of hydrogen-bond acceptors (Lipinski definition) is 4. The fourth-order valence-corrected chi connectivity index (χ4v) is 3.32. The molecule has 0 spiro atoms. The number of para-hydroxylation sites is 1. The van der Waals surface area contributed by atoms with E-state index in [1.165, 1.54) is 0 Å². The molecule has 1 heterocycles. The predicted molar refractivity (Wildman–Crippen MR) is 96.3 cm³/mol. The number of amides is 1. The lowest BCUT2D eigenvalue weighted by molar-refractivity contribution is 0.0735. The Morgan fingerprint density at radius 2 is 2.04 bits per heavy atom. The second kappa shape index (κ2) is 7.23. The number of carbonyl (C=O) groups is 1. The van der Waals surface area contributed by atoms with E-state index in [2.05, 4.69) is 21.2 Å². The summed E-state index contributed by atoms with van der Waals surface area (Å²) in [7, 11) is 0. The molecular formula is C18H19BrN2O3. The number of nitrogens with one attached hydrogen (secondary N) is 1. The topological polar surface area (TPSA) is 72.8 Å². The Bertz CT molecular complexity index is 764. The van der Waals surface area contributed by atoms with Crippen LogP contribution in [0.3, 0.4) is 0 Å². The number of halogens is 1. The summed E-state index contributed by atoms with van der Waals surface area (Å²) in [5.41, 5.74) is 3.45. The summed E-state index contributed by atoms with van der Waals surface area (Å²) in [5, 5.41) is 21.9. The second-order valence-corrected chi connectivity index (χ2v) is 6.60. The summed E-state index contributed by atoms with van der Waals surface area (Å²) < 4.78 is 0.639. The van der Waals surface area contributed by atoms with E-state index in [9.17, 15) is 9.90 Å². The number of phenols is 1. The van der Waals surface area contributed by atoms with Gasteiger partial charge in [-0.25, -0.2) is 0 Å². The van der Waals surface area contributed by atoms with E-state index >= 15 is 0 Å². The van der Waals surface area contributed by atoms with Crippen LogP contribution in [0.1, 0.15) is 21.5 Å². The normalized spacial score (nSPS) is 13.5. The molecule has 3 N–H and O–H groups in total. The van der Waals surface area contributed by atoms with Gasteiger partial charge in [-0.1, -0.05) is 12.1 Å². The number of aliphatic hydroxyl groups excluding tert-OH is 1. The molecule has 24 heavy (non-hydrogen) atoms. The highest BCUT2D eigenvalue weighted by Crippen LogP contribution is 2.31. The number of aromatic hydroxyl groups is 1. The molecular weight excluding hydrogens is 372 g/mol. The van der Waals surface area contributed by atoms with Crippen LogP contribution in [0, 0.1) is 0 Å². The number of benzene rings is 2. The summed E-state index contributed by atoms with van der Waals surface area (Å²) in [4.78, 5) is 14.7. The number of fused-ring (bicyclic) bond motifs is 1. The summed E-state index contributed by atoms with van der Waals surface area (Å²) in [6.45, 7) is 1.54. The monoisotopic (exact) mass is 390 g/mol. The van der Waals surface area contributed by atoms with Crippen molar-refractivity contribution in [2.45, 2.75) is 13.0 Å². The summed E-state index contributed by atoms with van der Waals surface area (Å²) in [6.07, 6.45) is 0.716. The molecule has 0 aliphatic carbocycles. The molecule has 0 aromatic heterocycles. The molecule has 0 fully saturated rings. The van der Waals surface area contributed by atoms with Crippen molar-refractivity contribution in [3.05, 3.63) is 57.6 Å². The summed E-state index contributed by atoms with van der Waals surface area (Å²) in [6, 6.07) is 11.0. The van der Waals surface area contributed by atoms with Crippen LogP contribution in [-0.2, 0) is 13.0 Å². The minimum absolute atomic E-state index is 0.0110. The first-order chi connectivity index (χ1) is 11.6. The van der Waals surface area contributed by atoms with Crippen molar-refractivity contribution in [2.24, 2.45) is 0 Å². The molecule has 5 nitrogen and oxygen atoms in total. The van der Waals surface area contributed by atoms with Gasteiger partial charge in [0.05, 0.1) is 16.6 Å². The molecule has 0 atom stereocenters. The Morgan fingerprint density at radius 1 is 1.25 bits per heavy atom. The molecule has 0 unspecified atom stereocenters. The minimum atomic E-state index is -0.0362. The molecule has 0 radical (unpaired) electrons. The van der Waals surface area contributed by atoms with Gasteiger partial charge in [0.25, 0.3) is 5.91 Å². The van der Waals surface area contributed by atoms with E-state index in [1.54, 1.807) is 12.1 Å². The zero-order valence-electron chi connectivity index (χ0n) is 13.1. The van der Waals surface area contributed by atoms with Crippen molar-refractivity contribution in [3.8, 4) is 5.75 Å². The van der Waals surface area contributed by atoms with E-state index < -0.39 is 0 Å². The molecule has 0 bridgehead atoms. The van der Waals surface area contributed by atoms with Crippen LogP contribution in [0.25, 0.3) is 0 Å². The highest BCUT2D eigenvalue weighted by molar-refractivity contribution is 9.10. The van der Waals surface area contributed by atoms with Crippen molar-refractivity contribution in [1.29, 1.82) is 0 Å². The first kappa shape index (κ1) is 16.8. The lowest BCUT2D eigenvalue weighted by Crippen LogP contribution is -2.36. The fourth-order valence-electron chi connectivity index (χ4n) is 2.92. The van der Waals surface area contributed by atoms with Gasteiger partial charge >= 0.3 is 0 Å². The van der Waals surface area contributed by atoms with E-state index in [0.717, 1.165) is 16.8 Å². The molecule has 2 aromatic rings. The average molecular weight is 391 g/mol. The third-order valence-electron chi connectivity index (χ3n) is 4.15. The van der Waals surface area contributed by atoms with E-state index in [1.807, 2.05) is 29.2 Å². The average Bonchev–Trinajstić information content (AvgIpc) is 2.60. The second-order valence-electron chi connectivity index (χ2n) is 5.75. The number of phenolic OH excluding ortho intramolecular Hbond substituents is 1. The number of aliphatic hydroxyl groups is 1. The van der Waals surface area contributed by atoms with Crippen molar-refractivity contribution < 1.29 is 15.0 Å². The Labute approximate surface area is 149 Å². The largest absolute Gasteiger partial charge is 0.507 e. The molecule has 6 heteroatoms. The van der Waals surface area contributed by atoms with Crippen molar-refractivity contribution in [3.63, 3.8) is 0 Å². The SMILES string of the molecule is O=C(c1ccccc1NCCO)N1CCc2cc(O)c(Br)cc2C1. The van der Waals surface area contributed by atoms with Crippen LogP contribution in [0.2, 0.25) is 0 Å². The Morgan fingerprint density at radius 3 is 2.83 bits per heavy atom. The van der Waals surface area contributed by atoms with Crippen LogP contribution in [0.15, 0.2) is 40.9 Å².